The summed E-state index contributed by atoms with van der Waals surface area (Å²) in [7, 11) is 3.33. The van der Waals surface area contributed by atoms with Gasteiger partial charge in [0.1, 0.15) is 18.1 Å². The van der Waals surface area contributed by atoms with Crippen LogP contribution in [0.4, 0.5) is 0 Å². The highest BCUT2D eigenvalue weighted by Crippen LogP contribution is 2.34. The van der Waals surface area contributed by atoms with Crippen LogP contribution >= 0.6 is 21.6 Å². The van der Waals surface area contributed by atoms with E-state index in [2.05, 4.69) is 13.8 Å². The first kappa shape index (κ1) is 20.1. The van der Waals surface area contributed by atoms with E-state index in [1.54, 1.807) is 21.6 Å². The lowest BCUT2D eigenvalue weighted by atomic mass is 10.2. The molecule has 0 aromatic heterocycles. The van der Waals surface area contributed by atoms with Crippen molar-refractivity contribution in [1.82, 2.24) is 0 Å². The van der Waals surface area contributed by atoms with Gasteiger partial charge in [-0.1, -0.05) is 21.6 Å². The van der Waals surface area contributed by atoms with Gasteiger partial charge in [-0.15, -0.1) is 0 Å². The summed E-state index contributed by atoms with van der Waals surface area (Å²) in [4.78, 5) is 11.3. The molecule has 20 heavy (non-hydrogen) atoms. The first-order valence-corrected chi connectivity index (χ1v) is 8.86. The van der Waals surface area contributed by atoms with Gasteiger partial charge in [0.25, 0.3) is 0 Å². The number of carbonyl (C=O) groups excluding carboxylic acids is 1. The highest BCUT2D eigenvalue weighted by molar-refractivity contribution is 8.77. The fourth-order valence-electron chi connectivity index (χ4n) is 0.955. The van der Waals surface area contributed by atoms with E-state index in [0.29, 0.717) is 25.7 Å². The summed E-state index contributed by atoms with van der Waals surface area (Å²) in [5, 5.41) is 0. The Morgan fingerprint density at radius 3 is 2.25 bits per heavy atom. The number of esters is 1. The fraction of sp³-hybridized carbons (Fsp3) is 0.923. The number of hydrogen-bond acceptors (Lipinski definition) is 7. The first-order valence-electron chi connectivity index (χ1n) is 6.54. The van der Waals surface area contributed by atoms with Gasteiger partial charge in [-0.3, -0.25) is 0 Å². The zero-order valence-electron chi connectivity index (χ0n) is 13.1. The third kappa shape index (κ3) is 13.1. The summed E-state index contributed by atoms with van der Waals surface area (Å²) >= 11 is 0. The molecule has 0 aliphatic carbocycles. The standard InChI is InChI=1S/C13H27NO4S2/c1-12(2,3)18-11(15)8-16-6-7-17-10-19-20-13(4,5)9-14/h6-10,14H2,1-5H3. The first-order chi connectivity index (χ1) is 9.16. The van der Waals surface area contributed by atoms with E-state index in [4.69, 9.17) is 19.9 Å². The summed E-state index contributed by atoms with van der Waals surface area (Å²) in [6, 6.07) is 0. The molecule has 5 nitrogen and oxygen atoms in total. The highest BCUT2D eigenvalue weighted by atomic mass is 33.1. The van der Waals surface area contributed by atoms with Crippen LogP contribution < -0.4 is 5.73 Å². The molecule has 0 aromatic rings. The van der Waals surface area contributed by atoms with Gasteiger partial charge in [-0.05, 0) is 34.6 Å². The van der Waals surface area contributed by atoms with E-state index >= 15 is 0 Å². The van der Waals surface area contributed by atoms with Gasteiger partial charge in [-0.2, -0.15) is 0 Å². The van der Waals surface area contributed by atoms with Gasteiger partial charge in [0.05, 0.1) is 13.2 Å². The normalized spacial score (nSPS) is 12.5. The Morgan fingerprint density at radius 2 is 1.70 bits per heavy atom. The SMILES string of the molecule is CC(C)(C)OC(=O)COCCOCSSC(C)(C)CN. The average Bonchev–Trinajstić information content (AvgIpc) is 2.30. The predicted octanol–water partition coefficient (Wildman–Crippen LogP) is 2.44. The molecule has 2 N–H and O–H groups in total. The van der Waals surface area contributed by atoms with Crippen molar-refractivity contribution in [3.05, 3.63) is 0 Å². The van der Waals surface area contributed by atoms with Crippen molar-refractivity contribution in [2.75, 3.05) is 32.3 Å². The lowest BCUT2D eigenvalue weighted by Gasteiger charge is -2.20. The maximum absolute atomic E-state index is 11.3. The van der Waals surface area contributed by atoms with Crippen molar-refractivity contribution in [1.29, 1.82) is 0 Å². The van der Waals surface area contributed by atoms with Crippen molar-refractivity contribution in [2.45, 2.75) is 45.0 Å². The summed E-state index contributed by atoms with van der Waals surface area (Å²) in [6.45, 7) is 11.1. The Kier molecular flexibility index (Phi) is 9.92. The molecule has 0 saturated carbocycles. The molecule has 0 atom stereocenters. The summed E-state index contributed by atoms with van der Waals surface area (Å²) in [5.41, 5.74) is 5.15. The molecular weight excluding hydrogens is 298 g/mol. The Labute approximate surface area is 130 Å². The molecule has 120 valence electrons. The lowest BCUT2D eigenvalue weighted by molar-refractivity contribution is -0.160. The van der Waals surface area contributed by atoms with Crippen LogP contribution in [-0.2, 0) is 19.0 Å². The highest BCUT2D eigenvalue weighted by Gasteiger charge is 2.17. The number of nitrogens with two attached hydrogens (primary N) is 1. The van der Waals surface area contributed by atoms with Gasteiger partial charge in [0.15, 0.2) is 0 Å². The topological polar surface area (TPSA) is 70.8 Å². The van der Waals surface area contributed by atoms with Crippen molar-refractivity contribution in [2.24, 2.45) is 5.73 Å². The van der Waals surface area contributed by atoms with Gasteiger partial charge in [0.2, 0.25) is 0 Å². The van der Waals surface area contributed by atoms with E-state index in [9.17, 15) is 4.79 Å². The number of hydrogen-bond donors (Lipinski definition) is 1. The van der Waals surface area contributed by atoms with Crippen LogP contribution in [-0.4, -0.2) is 48.6 Å². The molecular formula is C13H27NO4S2. The third-order valence-electron chi connectivity index (χ3n) is 1.92. The molecule has 0 amide bonds. The molecule has 7 heteroatoms. The molecule has 0 aliphatic rings. The number of carbonyl (C=O) groups is 1. The Bertz CT molecular complexity index is 280. The fourth-order valence-corrected chi connectivity index (χ4v) is 3.09. The average molecular weight is 325 g/mol. The van der Waals surface area contributed by atoms with E-state index in [1.165, 1.54) is 0 Å². The predicted molar refractivity (Wildman–Crippen MR) is 85.8 cm³/mol. The molecule has 0 radical (unpaired) electrons. The minimum Gasteiger partial charge on any atom is -0.458 e. The molecule has 0 spiro atoms. The van der Waals surface area contributed by atoms with E-state index < -0.39 is 5.60 Å². The van der Waals surface area contributed by atoms with E-state index in [-0.39, 0.29) is 17.3 Å². The van der Waals surface area contributed by atoms with Crippen LogP contribution in [0.5, 0.6) is 0 Å². The molecule has 0 aliphatic heterocycles. The zero-order valence-corrected chi connectivity index (χ0v) is 14.7. The molecule has 0 aromatic carbocycles. The summed E-state index contributed by atoms with van der Waals surface area (Å²) < 4.78 is 15.7. The van der Waals surface area contributed by atoms with E-state index in [0.717, 1.165) is 0 Å². The van der Waals surface area contributed by atoms with Gasteiger partial charge < -0.3 is 19.9 Å². The van der Waals surface area contributed by atoms with Crippen molar-refractivity contribution < 1.29 is 19.0 Å². The maximum atomic E-state index is 11.3. The van der Waals surface area contributed by atoms with Crippen LogP contribution in [0.1, 0.15) is 34.6 Å². The summed E-state index contributed by atoms with van der Waals surface area (Å²) in [6.07, 6.45) is 0. The zero-order chi connectivity index (χ0) is 15.6. The second-order valence-electron chi connectivity index (χ2n) is 5.83. The largest absolute Gasteiger partial charge is 0.458 e. The molecule has 0 fully saturated rings. The lowest BCUT2D eigenvalue weighted by Crippen LogP contribution is -2.27. The second-order valence-corrected chi connectivity index (χ2v) is 8.78. The van der Waals surface area contributed by atoms with Crippen LogP contribution in [0, 0.1) is 0 Å². The van der Waals surface area contributed by atoms with Crippen molar-refractivity contribution >= 4 is 27.6 Å². The minimum absolute atomic E-state index is 0.0390. The molecule has 0 saturated heterocycles. The smallest absolute Gasteiger partial charge is 0.332 e. The Hall–Kier alpha value is 0.0500. The van der Waals surface area contributed by atoms with Crippen LogP contribution in [0.3, 0.4) is 0 Å². The van der Waals surface area contributed by atoms with Gasteiger partial charge in [-0.25, -0.2) is 4.79 Å². The Balaban J connectivity index is 3.40. The number of ether oxygens (including phenoxy) is 3. The molecule has 0 unspecified atom stereocenters. The van der Waals surface area contributed by atoms with Crippen molar-refractivity contribution in [3.8, 4) is 0 Å². The van der Waals surface area contributed by atoms with Crippen LogP contribution in [0.15, 0.2) is 0 Å². The van der Waals surface area contributed by atoms with Gasteiger partial charge >= 0.3 is 5.97 Å². The van der Waals surface area contributed by atoms with Crippen LogP contribution in [0.25, 0.3) is 0 Å². The van der Waals surface area contributed by atoms with Gasteiger partial charge in [0, 0.05) is 11.3 Å². The molecule has 0 rings (SSSR count). The molecule has 0 bridgehead atoms. The van der Waals surface area contributed by atoms with Crippen molar-refractivity contribution in [3.63, 3.8) is 0 Å². The quantitative estimate of drug-likeness (QED) is 0.286. The van der Waals surface area contributed by atoms with E-state index in [1.807, 2.05) is 20.8 Å². The Morgan fingerprint density at radius 1 is 1.10 bits per heavy atom. The maximum Gasteiger partial charge on any atom is 0.332 e. The molecule has 0 heterocycles. The number of rotatable bonds is 10. The summed E-state index contributed by atoms with van der Waals surface area (Å²) in [5.74, 6) is 0.219. The third-order valence-corrected chi connectivity index (χ3v) is 4.91. The monoisotopic (exact) mass is 325 g/mol. The minimum atomic E-state index is -0.472. The van der Waals surface area contributed by atoms with Crippen LogP contribution in [0.2, 0.25) is 0 Å². The second kappa shape index (κ2) is 9.89.